The Balaban J connectivity index is 2.71. The van der Waals surface area contributed by atoms with Crippen molar-refractivity contribution in [1.29, 1.82) is 0 Å². The SMILES string of the molecule is CC[C@@H](N=Cc1ccc(Cl)cc1)C(=O)OC(C)(C)C. The molecular formula is C15H20ClNO2. The van der Waals surface area contributed by atoms with Gasteiger partial charge in [-0.2, -0.15) is 0 Å². The summed E-state index contributed by atoms with van der Waals surface area (Å²) in [6, 6.07) is 6.82. The average Bonchev–Trinajstić information content (AvgIpc) is 2.30. The first-order valence-electron chi connectivity index (χ1n) is 6.33. The minimum absolute atomic E-state index is 0.291. The normalized spacial score (nSPS) is 13.5. The van der Waals surface area contributed by atoms with Crippen LogP contribution >= 0.6 is 11.6 Å². The number of halogens is 1. The van der Waals surface area contributed by atoms with Gasteiger partial charge in [0.25, 0.3) is 0 Å². The van der Waals surface area contributed by atoms with E-state index in [0.717, 1.165) is 5.56 Å². The molecule has 1 aromatic carbocycles. The largest absolute Gasteiger partial charge is 0.458 e. The Hall–Kier alpha value is -1.35. The molecule has 3 nitrogen and oxygen atoms in total. The molecule has 0 aliphatic carbocycles. The highest BCUT2D eigenvalue weighted by Crippen LogP contribution is 2.12. The van der Waals surface area contributed by atoms with Crippen LogP contribution in [0.1, 0.15) is 39.7 Å². The van der Waals surface area contributed by atoms with E-state index < -0.39 is 11.6 Å². The first-order valence-corrected chi connectivity index (χ1v) is 6.71. The predicted octanol–water partition coefficient (Wildman–Crippen LogP) is 3.88. The zero-order chi connectivity index (χ0) is 14.5. The van der Waals surface area contributed by atoms with Crippen LogP contribution in [0.4, 0.5) is 0 Å². The fourth-order valence-electron chi connectivity index (χ4n) is 1.43. The number of aliphatic imine (C=N–C) groups is 1. The smallest absolute Gasteiger partial charge is 0.331 e. The van der Waals surface area contributed by atoms with Gasteiger partial charge in [-0.25, -0.2) is 4.79 Å². The summed E-state index contributed by atoms with van der Waals surface area (Å²) in [5, 5.41) is 0.677. The van der Waals surface area contributed by atoms with Gasteiger partial charge in [0.1, 0.15) is 11.6 Å². The number of hydrogen-bond donors (Lipinski definition) is 0. The van der Waals surface area contributed by atoms with Gasteiger partial charge in [-0.3, -0.25) is 4.99 Å². The fraction of sp³-hybridized carbons (Fsp3) is 0.467. The van der Waals surface area contributed by atoms with Gasteiger partial charge in [-0.1, -0.05) is 30.7 Å². The summed E-state index contributed by atoms with van der Waals surface area (Å²) in [7, 11) is 0. The van der Waals surface area contributed by atoms with Crippen LogP contribution in [0.2, 0.25) is 5.02 Å². The third-order valence-electron chi connectivity index (χ3n) is 2.34. The summed E-state index contributed by atoms with van der Waals surface area (Å²) in [5.41, 5.74) is 0.423. The molecule has 19 heavy (non-hydrogen) atoms. The van der Waals surface area contributed by atoms with Crippen molar-refractivity contribution in [2.45, 2.75) is 45.8 Å². The Kier molecular flexibility index (Phi) is 5.55. The molecule has 0 N–H and O–H groups in total. The quantitative estimate of drug-likeness (QED) is 0.620. The van der Waals surface area contributed by atoms with Crippen molar-refractivity contribution < 1.29 is 9.53 Å². The van der Waals surface area contributed by atoms with Crippen LogP contribution in [-0.4, -0.2) is 23.8 Å². The summed E-state index contributed by atoms with van der Waals surface area (Å²) < 4.78 is 5.32. The van der Waals surface area contributed by atoms with Crippen LogP contribution in [0, 0.1) is 0 Å². The highest BCUT2D eigenvalue weighted by molar-refractivity contribution is 6.30. The summed E-state index contributed by atoms with van der Waals surface area (Å²) in [6.07, 6.45) is 2.29. The van der Waals surface area contributed by atoms with Crippen molar-refractivity contribution in [3.05, 3.63) is 34.9 Å². The highest BCUT2D eigenvalue weighted by Gasteiger charge is 2.22. The van der Waals surface area contributed by atoms with Crippen LogP contribution in [0.5, 0.6) is 0 Å². The summed E-state index contributed by atoms with van der Waals surface area (Å²) in [5.74, 6) is -0.291. The number of carbonyl (C=O) groups excluding carboxylic acids is 1. The van der Waals surface area contributed by atoms with Gasteiger partial charge in [-0.05, 0) is 44.9 Å². The topological polar surface area (TPSA) is 38.7 Å². The summed E-state index contributed by atoms with van der Waals surface area (Å²) >= 11 is 5.81. The van der Waals surface area contributed by atoms with E-state index in [9.17, 15) is 4.79 Å². The monoisotopic (exact) mass is 281 g/mol. The number of benzene rings is 1. The predicted molar refractivity (Wildman–Crippen MR) is 79.0 cm³/mol. The first kappa shape index (κ1) is 15.7. The van der Waals surface area contributed by atoms with E-state index in [2.05, 4.69) is 4.99 Å². The lowest BCUT2D eigenvalue weighted by Crippen LogP contribution is -2.30. The fourth-order valence-corrected chi connectivity index (χ4v) is 1.55. The van der Waals surface area contributed by atoms with Crippen molar-refractivity contribution in [2.24, 2.45) is 4.99 Å². The molecule has 0 saturated carbocycles. The number of carbonyl (C=O) groups is 1. The zero-order valence-electron chi connectivity index (χ0n) is 11.8. The molecule has 0 aliphatic heterocycles. The van der Waals surface area contributed by atoms with Crippen molar-refractivity contribution in [1.82, 2.24) is 0 Å². The lowest BCUT2D eigenvalue weighted by Gasteiger charge is -2.21. The van der Waals surface area contributed by atoms with Crippen LogP contribution in [0.25, 0.3) is 0 Å². The molecule has 0 bridgehead atoms. The number of rotatable bonds is 4. The number of esters is 1. The second kappa shape index (κ2) is 6.71. The van der Waals surface area contributed by atoms with E-state index in [1.807, 2.05) is 39.8 Å². The second-order valence-corrected chi connectivity index (χ2v) is 5.72. The summed E-state index contributed by atoms with van der Waals surface area (Å²) in [4.78, 5) is 16.2. The van der Waals surface area contributed by atoms with E-state index in [0.29, 0.717) is 11.4 Å². The molecule has 1 aromatic rings. The molecular weight excluding hydrogens is 262 g/mol. The molecule has 1 atom stereocenters. The van der Waals surface area contributed by atoms with Gasteiger partial charge in [0, 0.05) is 11.2 Å². The highest BCUT2D eigenvalue weighted by atomic mass is 35.5. The molecule has 0 fully saturated rings. The lowest BCUT2D eigenvalue weighted by atomic mass is 10.1. The number of hydrogen-bond acceptors (Lipinski definition) is 3. The maximum absolute atomic E-state index is 11.9. The van der Waals surface area contributed by atoms with Crippen LogP contribution in [0.3, 0.4) is 0 Å². The standard InChI is InChI=1S/C15H20ClNO2/c1-5-13(14(18)19-15(2,3)4)17-10-11-6-8-12(16)9-7-11/h6-10,13H,5H2,1-4H3/t13-/m1/s1. The molecule has 4 heteroatoms. The zero-order valence-corrected chi connectivity index (χ0v) is 12.6. The molecule has 0 aromatic heterocycles. The van der Waals surface area contributed by atoms with Gasteiger partial charge in [0.2, 0.25) is 0 Å². The Bertz CT molecular complexity index is 446. The van der Waals surface area contributed by atoms with Crippen LogP contribution < -0.4 is 0 Å². The maximum Gasteiger partial charge on any atom is 0.331 e. The van der Waals surface area contributed by atoms with Crippen LogP contribution in [0.15, 0.2) is 29.3 Å². The Morgan fingerprint density at radius 1 is 1.37 bits per heavy atom. The summed E-state index contributed by atoms with van der Waals surface area (Å²) in [6.45, 7) is 7.45. The van der Waals surface area contributed by atoms with Gasteiger partial charge >= 0.3 is 5.97 Å². The van der Waals surface area contributed by atoms with Crippen LogP contribution in [-0.2, 0) is 9.53 Å². The molecule has 0 aliphatic rings. The molecule has 0 radical (unpaired) electrons. The van der Waals surface area contributed by atoms with Crippen molar-refractivity contribution in [3.8, 4) is 0 Å². The van der Waals surface area contributed by atoms with Gasteiger partial charge in [-0.15, -0.1) is 0 Å². The van der Waals surface area contributed by atoms with E-state index in [-0.39, 0.29) is 5.97 Å². The minimum atomic E-state index is -0.486. The minimum Gasteiger partial charge on any atom is -0.458 e. The van der Waals surface area contributed by atoms with Gasteiger partial charge in [0.15, 0.2) is 0 Å². The molecule has 104 valence electrons. The van der Waals surface area contributed by atoms with E-state index in [1.165, 1.54) is 0 Å². The molecule has 0 heterocycles. The second-order valence-electron chi connectivity index (χ2n) is 5.29. The molecule has 0 unspecified atom stereocenters. The van der Waals surface area contributed by atoms with Crippen molar-refractivity contribution >= 4 is 23.8 Å². The third-order valence-corrected chi connectivity index (χ3v) is 2.59. The molecule has 1 rings (SSSR count). The molecule has 0 amide bonds. The lowest BCUT2D eigenvalue weighted by molar-refractivity contribution is -0.156. The van der Waals surface area contributed by atoms with E-state index in [4.69, 9.17) is 16.3 Å². The Labute approximate surface area is 119 Å². The maximum atomic E-state index is 11.9. The molecule has 0 saturated heterocycles. The van der Waals surface area contributed by atoms with E-state index >= 15 is 0 Å². The Morgan fingerprint density at radius 2 is 1.95 bits per heavy atom. The van der Waals surface area contributed by atoms with Gasteiger partial charge < -0.3 is 4.74 Å². The average molecular weight is 282 g/mol. The number of ether oxygens (including phenoxy) is 1. The third kappa shape index (κ3) is 5.88. The number of nitrogens with zero attached hydrogens (tertiary/aromatic N) is 1. The van der Waals surface area contributed by atoms with E-state index in [1.54, 1.807) is 18.3 Å². The van der Waals surface area contributed by atoms with Crippen molar-refractivity contribution in [3.63, 3.8) is 0 Å². The Morgan fingerprint density at radius 3 is 2.42 bits per heavy atom. The van der Waals surface area contributed by atoms with Crippen molar-refractivity contribution in [2.75, 3.05) is 0 Å². The first-order chi connectivity index (χ1) is 8.81. The van der Waals surface area contributed by atoms with Gasteiger partial charge in [0.05, 0.1) is 0 Å². The molecule has 0 spiro atoms.